The Bertz CT molecular complexity index is 695. The Morgan fingerprint density at radius 2 is 2.35 bits per heavy atom. The SMILES string of the molecule is O=C(OCc1coc(-c2cccs2)n1)c1cnccn1. The summed E-state index contributed by atoms with van der Waals surface area (Å²) < 4.78 is 10.4. The largest absolute Gasteiger partial charge is 0.454 e. The molecule has 0 saturated heterocycles. The molecule has 3 heterocycles. The van der Waals surface area contributed by atoms with Crippen molar-refractivity contribution in [3.05, 3.63) is 53.8 Å². The number of nitrogens with zero attached hydrogens (tertiary/aromatic N) is 3. The molecule has 0 spiro atoms. The Morgan fingerprint density at radius 3 is 3.10 bits per heavy atom. The van der Waals surface area contributed by atoms with Crippen LogP contribution in [0.4, 0.5) is 0 Å². The molecule has 0 bridgehead atoms. The third-order valence-corrected chi connectivity index (χ3v) is 3.27. The molecule has 0 aliphatic carbocycles. The van der Waals surface area contributed by atoms with Gasteiger partial charge in [0.2, 0.25) is 5.89 Å². The van der Waals surface area contributed by atoms with Crippen LogP contribution >= 0.6 is 11.3 Å². The molecule has 0 unspecified atom stereocenters. The second-order valence-corrected chi connectivity index (χ2v) is 4.74. The number of ether oxygens (including phenoxy) is 1. The standard InChI is InChI=1S/C13H9N3O3S/c17-13(10-6-14-3-4-15-10)19-8-9-7-18-12(16-9)11-2-1-5-20-11/h1-7H,8H2. The van der Waals surface area contributed by atoms with Gasteiger partial charge in [-0.25, -0.2) is 14.8 Å². The lowest BCUT2D eigenvalue weighted by Gasteiger charge is -2.00. The highest BCUT2D eigenvalue weighted by atomic mass is 32.1. The molecule has 0 atom stereocenters. The minimum Gasteiger partial charge on any atom is -0.454 e. The van der Waals surface area contributed by atoms with Gasteiger partial charge in [-0.1, -0.05) is 6.07 Å². The number of thiophene rings is 1. The summed E-state index contributed by atoms with van der Waals surface area (Å²) in [6, 6.07) is 3.82. The molecule has 0 aliphatic rings. The number of rotatable bonds is 4. The highest BCUT2D eigenvalue weighted by molar-refractivity contribution is 7.13. The Kier molecular flexibility index (Phi) is 3.51. The molecule has 3 aromatic rings. The molecule has 3 rings (SSSR count). The summed E-state index contributed by atoms with van der Waals surface area (Å²) >= 11 is 1.53. The van der Waals surface area contributed by atoms with E-state index < -0.39 is 5.97 Å². The maximum Gasteiger partial charge on any atom is 0.358 e. The molecule has 20 heavy (non-hydrogen) atoms. The van der Waals surface area contributed by atoms with Gasteiger partial charge in [-0.15, -0.1) is 11.3 Å². The van der Waals surface area contributed by atoms with Gasteiger partial charge in [0.1, 0.15) is 18.6 Å². The molecular weight excluding hydrogens is 278 g/mol. The van der Waals surface area contributed by atoms with Gasteiger partial charge >= 0.3 is 5.97 Å². The van der Waals surface area contributed by atoms with E-state index in [1.165, 1.54) is 36.2 Å². The van der Waals surface area contributed by atoms with Crippen molar-refractivity contribution < 1.29 is 13.9 Å². The maximum absolute atomic E-state index is 11.7. The van der Waals surface area contributed by atoms with Crippen LogP contribution in [0.15, 0.2) is 46.8 Å². The number of hydrogen-bond donors (Lipinski definition) is 0. The maximum atomic E-state index is 11.7. The molecule has 0 radical (unpaired) electrons. The lowest BCUT2D eigenvalue weighted by molar-refractivity contribution is 0.0460. The quantitative estimate of drug-likeness (QED) is 0.686. The highest BCUT2D eigenvalue weighted by Gasteiger charge is 2.12. The van der Waals surface area contributed by atoms with E-state index in [9.17, 15) is 4.79 Å². The third kappa shape index (κ3) is 2.72. The zero-order chi connectivity index (χ0) is 13.8. The lowest BCUT2D eigenvalue weighted by Crippen LogP contribution is -2.07. The number of oxazole rings is 1. The van der Waals surface area contributed by atoms with Crippen molar-refractivity contribution in [3.63, 3.8) is 0 Å². The van der Waals surface area contributed by atoms with Crippen molar-refractivity contribution in [2.45, 2.75) is 6.61 Å². The van der Waals surface area contributed by atoms with Crippen molar-refractivity contribution >= 4 is 17.3 Å². The van der Waals surface area contributed by atoms with Crippen LogP contribution in [0, 0.1) is 0 Å². The molecule has 3 aromatic heterocycles. The summed E-state index contributed by atoms with van der Waals surface area (Å²) in [6.07, 6.45) is 5.74. The van der Waals surface area contributed by atoms with Gasteiger partial charge in [0.05, 0.1) is 11.1 Å². The minimum absolute atomic E-state index is 0.0320. The van der Waals surface area contributed by atoms with Crippen LogP contribution in [0.2, 0.25) is 0 Å². The first-order valence-corrected chi connectivity index (χ1v) is 6.62. The first kappa shape index (κ1) is 12.5. The van der Waals surface area contributed by atoms with Crippen LogP contribution < -0.4 is 0 Å². The Morgan fingerprint density at radius 1 is 1.40 bits per heavy atom. The van der Waals surface area contributed by atoms with E-state index in [-0.39, 0.29) is 12.3 Å². The topological polar surface area (TPSA) is 78.1 Å². The number of carbonyl (C=O) groups excluding carboxylic acids is 1. The monoisotopic (exact) mass is 287 g/mol. The molecule has 7 heteroatoms. The van der Waals surface area contributed by atoms with Crippen molar-refractivity contribution in [1.29, 1.82) is 0 Å². The summed E-state index contributed by atoms with van der Waals surface area (Å²) in [6.45, 7) is 0.0320. The predicted molar refractivity (Wildman–Crippen MR) is 71.0 cm³/mol. The van der Waals surface area contributed by atoms with Crippen LogP contribution in [0.5, 0.6) is 0 Å². The normalized spacial score (nSPS) is 10.4. The fourth-order valence-electron chi connectivity index (χ4n) is 1.50. The summed E-state index contributed by atoms with van der Waals surface area (Å²) in [5.41, 5.74) is 0.708. The summed E-state index contributed by atoms with van der Waals surface area (Å²) in [5.74, 6) is -0.0238. The fourth-order valence-corrected chi connectivity index (χ4v) is 2.16. The lowest BCUT2D eigenvalue weighted by atomic mass is 10.4. The van der Waals surface area contributed by atoms with Gasteiger partial charge in [-0.3, -0.25) is 4.98 Å². The van der Waals surface area contributed by atoms with Gasteiger partial charge in [0, 0.05) is 12.4 Å². The molecule has 0 aliphatic heterocycles. The van der Waals surface area contributed by atoms with E-state index in [4.69, 9.17) is 9.15 Å². The average Bonchev–Trinajstić information content (AvgIpc) is 3.16. The van der Waals surface area contributed by atoms with Gasteiger partial charge in [0.25, 0.3) is 0 Å². The smallest absolute Gasteiger partial charge is 0.358 e. The van der Waals surface area contributed by atoms with Crippen molar-refractivity contribution in [2.75, 3.05) is 0 Å². The van der Waals surface area contributed by atoms with E-state index in [1.807, 2.05) is 17.5 Å². The van der Waals surface area contributed by atoms with Crippen molar-refractivity contribution in [3.8, 4) is 10.8 Å². The summed E-state index contributed by atoms with van der Waals surface area (Å²) in [4.78, 5) is 24.5. The van der Waals surface area contributed by atoms with Crippen molar-refractivity contribution in [2.24, 2.45) is 0 Å². The summed E-state index contributed by atoms with van der Waals surface area (Å²) in [5, 5.41) is 1.94. The fraction of sp³-hybridized carbons (Fsp3) is 0.0769. The number of carbonyl (C=O) groups is 1. The van der Waals surface area contributed by atoms with Crippen molar-refractivity contribution in [1.82, 2.24) is 15.0 Å². The minimum atomic E-state index is -0.543. The van der Waals surface area contributed by atoms with E-state index in [0.717, 1.165) is 4.88 Å². The summed E-state index contributed by atoms with van der Waals surface area (Å²) in [7, 11) is 0. The van der Waals surface area contributed by atoms with Gasteiger partial charge in [-0.2, -0.15) is 0 Å². The van der Waals surface area contributed by atoms with E-state index in [1.54, 1.807) is 0 Å². The molecule has 0 amide bonds. The molecule has 0 N–H and O–H groups in total. The first-order chi connectivity index (χ1) is 9.83. The molecular formula is C13H9N3O3S. The molecule has 0 aromatic carbocycles. The number of esters is 1. The Hall–Kier alpha value is -2.54. The second kappa shape index (κ2) is 5.62. The zero-order valence-corrected chi connectivity index (χ0v) is 11.0. The second-order valence-electron chi connectivity index (χ2n) is 3.79. The van der Waals surface area contributed by atoms with Crippen LogP contribution in [0.3, 0.4) is 0 Å². The van der Waals surface area contributed by atoms with Crippen LogP contribution in [0.25, 0.3) is 10.8 Å². The van der Waals surface area contributed by atoms with Crippen LogP contribution in [-0.4, -0.2) is 20.9 Å². The third-order valence-electron chi connectivity index (χ3n) is 2.41. The molecule has 6 nitrogen and oxygen atoms in total. The molecule has 0 saturated carbocycles. The van der Waals surface area contributed by atoms with E-state index in [2.05, 4.69) is 15.0 Å². The molecule has 100 valence electrons. The first-order valence-electron chi connectivity index (χ1n) is 5.74. The number of hydrogen-bond acceptors (Lipinski definition) is 7. The van der Waals surface area contributed by atoms with Crippen LogP contribution in [-0.2, 0) is 11.3 Å². The Labute approximate surface area is 118 Å². The zero-order valence-electron chi connectivity index (χ0n) is 10.2. The van der Waals surface area contributed by atoms with E-state index >= 15 is 0 Å². The number of aromatic nitrogens is 3. The average molecular weight is 287 g/mol. The van der Waals surface area contributed by atoms with Gasteiger partial charge in [-0.05, 0) is 11.4 Å². The predicted octanol–water partition coefficient (Wildman–Crippen LogP) is 2.55. The van der Waals surface area contributed by atoms with E-state index in [0.29, 0.717) is 11.6 Å². The Balaban J connectivity index is 1.63. The van der Waals surface area contributed by atoms with Crippen LogP contribution in [0.1, 0.15) is 16.2 Å². The van der Waals surface area contributed by atoms with Gasteiger partial charge in [0.15, 0.2) is 5.69 Å². The highest BCUT2D eigenvalue weighted by Crippen LogP contribution is 2.23. The molecule has 0 fully saturated rings. The van der Waals surface area contributed by atoms with Gasteiger partial charge < -0.3 is 9.15 Å².